The molecule has 0 saturated carbocycles. The summed E-state index contributed by atoms with van der Waals surface area (Å²) >= 11 is 0. The number of hydrogen-bond donors (Lipinski definition) is 2. The van der Waals surface area contributed by atoms with E-state index in [4.69, 9.17) is 0 Å². The number of nitriles is 4. The fourth-order valence-corrected chi connectivity index (χ4v) is 11.1. The van der Waals surface area contributed by atoms with E-state index in [1.165, 1.54) is 0 Å². The molecular weight excluding hydrogens is 456 g/mol. The van der Waals surface area contributed by atoms with Gasteiger partial charge in [0.15, 0.2) is 0 Å². The Hall–Kier alpha value is -4.46. The van der Waals surface area contributed by atoms with Gasteiger partial charge in [0.1, 0.15) is 0 Å². The number of rotatable bonds is 5. The summed E-state index contributed by atoms with van der Waals surface area (Å²) in [6.45, 7) is 0. The maximum Gasteiger partial charge on any atom is 0.0991 e. The van der Waals surface area contributed by atoms with Gasteiger partial charge in [-0.25, -0.2) is 0 Å². The fourth-order valence-electron chi connectivity index (χ4n) is 3.47. The summed E-state index contributed by atoms with van der Waals surface area (Å²) in [6, 6.07) is 39.4. The van der Waals surface area contributed by atoms with E-state index in [0.29, 0.717) is 22.3 Å². The summed E-state index contributed by atoms with van der Waals surface area (Å²) in [5, 5.41) is 37.1. The van der Waals surface area contributed by atoms with Gasteiger partial charge in [-0.2, -0.15) is 40.9 Å². The lowest BCUT2D eigenvalue weighted by Gasteiger charge is -2.36. The monoisotopic (exact) mass is 474 g/mol. The van der Waals surface area contributed by atoms with Crippen molar-refractivity contribution in [2.45, 2.75) is 19.6 Å². The molecule has 0 aliphatic carbocycles. The van der Waals surface area contributed by atoms with Crippen LogP contribution in [0.15, 0.2) is 117 Å². The third-order valence-corrected chi connectivity index (χ3v) is 12.7. The average Bonchev–Trinajstić information content (AvgIpc) is 2.92. The van der Waals surface area contributed by atoms with E-state index in [2.05, 4.69) is 24.3 Å². The summed E-state index contributed by atoms with van der Waals surface area (Å²) in [5.74, 6) is 0. The lowest BCUT2D eigenvalue weighted by atomic mass is 10.2. The highest BCUT2D eigenvalue weighted by molar-refractivity contribution is 8.93. The predicted octanol–water partition coefficient (Wildman–Crippen LogP) is 6.63. The van der Waals surface area contributed by atoms with Gasteiger partial charge in [0.2, 0.25) is 0 Å². The second-order valence-electron chi connectivity index (χ2n) is 7.26. The Morgan fingerprint density at radius 1 is 0.324 bits per heavy atom. The smallest absolute Gasteiger partial charge is 0.0991 e. The molecular formula is C28H18N4S2. The molecule has 0 aliphatic rings. The molecule has 34 heavy (non-hydrogen) atoms. The first-order valence-corrected chi connectivity index (χ1v) is 13.7. The van der Waals surface area contributed by atoms with Crippen molar-refractivity contribution in [3.8, 4) is 24.3 Å². The maximum absolute atomic E-state index is 9.28. The number of benzene rings is 4. The van der Waals surface area contributed by atoms with Crippen LogP contribution in [0, 0.1) is 45.3 Å². The molecule has 0 N–H and O–H groups in total. The Kier molecular flexibility index (Phi) is 6.98. The molecule has 0 bridgehead atoms. The van der Waals surface area contributed by atoms with Crippen molar-refractivity contribution >= 4 is 19.9 Å². The third-order valence-electron chi connectivity index (χ3n) is 5.16. The van der Waals surface area contributed by atoms with Crippen molar-refractivity contribution in [1.82, 2.24) is 0 Å². The Morgan fingerprint density at radius 3 is 0.647 bits per heavy atom. The van der Waals surface area contributed by atoms with Crippen LogP contribution in [0.25, 0.3) is 0 Å². The normalized spacial score (nSPS) is 10.7. The molecule has 4 nitrogen and oxygen atoms in total. The average molecular weight is 475 g/mol. The van der Waals surface area contributed by atoms with Crippen molar-refractivity contribution in [1.29, 1.82) is 21.0 Å². The van der Waals surface area contributed by atoms with Crippen molar-refractivity contribution in [2.75, 3.05) is 0 Å². The molecule has 162 valence electrons. The molecule has 0 atom stereocenters. The minimum absolute atomic E-state index is 0.597. The van der Waals surface area contributed by atoms with Gasteiger partial charge >= 0.3 is 0 Å². The molecule has 4 rings (SSSR count). The Labute approximate surface area is 203 Å². The van der Waals surface area contributed by atoms with E-state index in [0.717, 1.165) is 19.6 Å². The van der Waals surface area contributed by atoms with Crippen LogP contribution in [0.3, 0.4) is 0 Å². The Balaban J connectivity index is 1.94. The van der Waals surface area contributed by atoms with Crippen LogP contribution < -0.4 is 0 Å². The summed E-state index contributed by atoms with van der Waals surface area (Å²) < 4.78 is 0. The molecule has 0 fully saturated rings. The minimum Gasteiger partial charge on any atom is -0.192 e. The van der Waals surface area contributed by atoms with Crippen molar-refractivity contribution in [3.63, 3.8) is 0 Å². The van der Waals surface area contributed by atoms with Crippen LogP contribution >= 0.6 is 19.9 Å². The summed E-state index contributed by atoms with van der Waals surface area (Å²) in [5.41, 5.74) is 2.39. The van der Waals surface area contributed by atoms with Crippen LogP contribution in [0.1, 0.15) is 22.3 Å². The Morgan fingerprint density at radius 2 is 0.500 bits per heavy atom. The van der Waals surface area contributed by atoms with Gasteiger partial charge in [-0.15, -0.1) is 0 Å². The fraction of sp³-hybridized carbons (Fsp3) is 0. The summed E-state index contributed by atoms with van der Waals surface area (Å²) in [4.78, 5) is 4.44. The molecule has 0 aliphatic heterocycles. The van der Waals surface area contributed by atoms with E-state index >= 15 is 0 Å². The highest BCUT2D eigenvalue weighted by Crippen LogP contribution is 2.71. The summed E-state index contributed by atoms with van der Waals surface area (Å²) in [7, 11) is -1.90. The first-order chi connectivity index (χ1) is 16.7. The van der Waals surface area contributed by atoms with Gasteiger partial charge in [0, 0.05) is 0 Å². The standard InChI is InChI=1S/C28H18N4S2/c29-17-21-1-9-25(10-2-21)33(26-11-3-22(18-30)4-12-26)34(27-13-5-23(19-31)6-14-27)28-15-7-24(20-32)8-16-28/h1-16,33-34H. The van der Waals surface area contributed by atoms with Crippen molar-refractivity contribution in [3.05, 3.63) is 119 Å². The molecule has 4 aromatic rings. The lowest BCUT2D eigenvalue weighted by Crippen LogP contribution is -1.94. The summed E-state index contributed by atoms with van der Waals surface area (Å²) in [6.07, 6.45) is 0. The SMILES string of the molecule is N#Cc1ccc([SH](c2ccc(C#N)cc2)[SH](c2ccc(C#N)cc2)c2ccc(C#N)cc2)cc1. The second-order valence-corrected chi connectivity index (χ2v) is 13.0. The third kappa shape index (κ3) is 4.80. The number of nitrogens with zero attached hydrogens (tertiary/aromatic N) is 4. The zero-order chi connectivity index (χ0) is 23.9. The first kappa shape index (κ1) is 22.7. The molecule has 6 heteroatoms. The van der Waals surface area contributed by atoms with Crippen LogP contribution in [0.5, 0.6) is 0 Å². The van der Waals surface area contributed by atoms with Gasteiger partial charge < -0.3 is 0 Å². The molecule has 0 heterocycles. The van der Waals surface area contributed by atoms with E-state index in [9.17, 15) is 21.0 Å². The quantitative estimate of drug-likeness (QED) is 0.251. The Bertz CT molecular complexity index is 1230. The number of thiol groups is 2. The van der Waals surface area contributed by atoms with Crippen molar-refractivity contribution in [2.24, 2.45) is 0 Å². The van der Waals surface area contributed by atoms with Crippen molar-refractivity contribution < 1.29 is 0 Å². The van der Waals surface area contributed by atoms with Crippen LogP contribution in [0.2, 0.25) is 0 Å². The predicted molar refractivity (Wildman–Crippen MR) is 136 cm³/mol. The van der Waals surface area contributed by atoms with Gasteiger partial charge in [-0.05, 0) is 117 Å². The van der Waals surface area contributed by atoms with Gasteiger partial charge in [-0.1, -0.05) is 0 Å². The van der Waals surface area contributed by atoms with Crippen LogP contribution in [-0.2, 0) is 0 Å². The highest BCUT2D eigenvalue weighted by atomic mass is 33.2. The molecule has 0 unspecified atom stereocenters. The van der Waals surface area contributed by atoms with Gasteiger partial charge in [0.25, 0.3) is 0 Å². The largest absolute Gasteiger partial charge is 0.192 e. The molecule has 0 radical (unpaired) electrons. The molecule has 0 aromatic heterocycles. The van der Waals surface area contributed by atoms with E-state index in [1.54, 1.807) is 0 Å². The van der Waals surface area contributed by atoms with E-state index in [1.807, 2.05) is 97.1 Å². The minimum atomic E-state index is -0.949. The maximum atomic E-state index is 9.28. The van der Waals surface area contributed by atoms with Crippen LogP contribution in [-0.4, -0.2) is 0 Å². The molecule has 4 aromatic carbocycles. The van der Waals surface area contributed by atoms with Gasteiger partial charge in [-0.3, -0.25) is 0 Å². The topological polar surface area (TPSA) is 95.2 Å². The van der Waals surface area contributed by atoms with Gasteiger partial charge in [0.05, 0.1) is 46.5 Å². The zero-order valence-corrected chi connectivity index (χ0v) is 19.7. The second kappa shape index (κ2) is 10.4. The number of hydrogen-bond acceptors (Lipinski definition) is 4. The molecule has 0 amide bonds. The van der Waals surface area contributed by atoms with Crippen LogP contribution in [0.4, 0.5) is 0 Å². The zero-order valence-electron chi connectivity index (χ0n) is 17.9. The first-order valence-electron chi connectivity index (χ1n) is 10.3. The van der Waals surface area contributed by atoms with E-state index in [-0.39, 0.29) is 0 Å². The molecule has 0 spiro atoms. The highest BCUT2D eigenvalue weighted by Gasteiger charge is 2.22. The molecule has 0 saturated heterocycles. The van der Waals surface area contributed by atoms with E-state index < -0.39 is 19.9 Å². The lowest BCUT2D eigenvalue weighted by molar-refractivity contribution is 1.35.